The van der Waals surface area contributed by atoms with Crippen LogP contribution >= 0.6 is 0 Å². The highest BCUT2D eigenvalue weighted by molar-refractivity contribution is 7.89. The van der Waals surface area contributed by atoms with E-state index in [1.165, 1.54) is 11.6 Å². The maximum atomic E-state index is 13.1. The Labute approximate surface area is 180 Å². The molecule has 5 nitrogen and oxygen atoms in total. The molecule has 6 heteroatoms. The van der Waals surface area contributed by atoms with Crippen LogP contribution < -0.4 is 5.32 Å². The van der Waals surface area contributed by atoms with Crippen molar-refractivity contribution in [3.8, 4) is 0 Å². The molecule has 3 rings (SSSR count). The maximum Gasteiger partial charge on any atom is 0.251 e. The van der Waals surface area contributed by atoms with E-state index >= 15 is 0 Å². The van der Waals surface area contributed by atoms with E-state index in [1.54, 1.807) is 16.4 Å². The van der Waals surface area contributed by atoms with Gasteiger partial charge >= 0.3 is 0 Å². The Balaban J connectivity index is 1.70. The molecule has 1 heterocycles. The Morgan fingerprint density at radius 2 is 1.70 bits per heavy atom. The summed E-state index contributed by atoms with van der Waals surface area (Å²) in [4.78, 5) is 13.1. The van der Waals surface area contributed by atoms with Gasteiger partial charge < -0.3 is 5.32 Å². The molecular weight excluding hydrogens is 396 g/mol. The number of rotatable bonds is 7. The summed E-state index contributed by atoms with van der Waals surface area (Å²) in [5, 5.41) is 3.03. The van der Waals surface area contributed by atoms with E-state index in [-0.39, 0.29) is 16.8 Å². The molecule has 1 amide bonds. The van der Waals surface area contributed by atoms with Gasteiger partial charge in [-0.2, -0.15) is 4.31 Å². The zero-order valence-corrected chi connectivity index (χ0v) is 18.7. The molecule has 0 bridgehead atoms. The zero-order chi connectivity index (χ0) is 21.6. The molecule has 0 saturated carbocycles. The molecule has 0 aromatic heterocycles. The van der Waals surface area contributed by atoms with Gasteiger partial charge in [-0.25, -0.2) is 8.42 Å². The highest BCUT2D eigenvalue weighted by Gasteiger charge is 2.26. The molecule has 2 aromatic carbocycles. The molecule has 0 unspecified atom stereocenters. The number of nitrogens with one attached hydrogen (secondary N) is 1. The van der Waals surface area contributed by atoms with Crippen LogP contribution in [0, 0.1) is 6.92 Å². The Hall–Kier alpha value is -2.18. The molecule has 1 aliphatic rings. The lowest BCUT2D eigenvalue weighted by atomic mass is 10.0. The van der Waals surface area contributed by atoms with Crippen molar-refractivity contribution in [3.05, 3.63) is 65.2 Å². The van der Waals surface area contributed by atoms with Crippen molar-refractivity contribution in [1.29, 1.82) is 0 Å². The molecule has 1 atom stereocenters. The van der Waals surface area contributed by atoms with Crippen LogP contribution in [0.2, 0.25) is 0 Å². The van der Waals surface area contributed by atoms with Gasteiger partial charge in [-0.05, 0) is 62.8 Å². The van der Waals surface area contributed by atoms with Crippen LogP contribution in [-0.4, -0.2) is 37.8 Å². The molecule has 0 aliphatic carbocycles. The van der Waals surface area contributed by atoms with E-state index in [2.05, 4.69) is 17.4 Å². The largest absolute Gasteiger partial charge is 0.350 e. The van der Waals surface area contributed by atoms with Crippen LogP contribution in [0.4, 0.5) is 0 Å². The van der Waals surface area contributed by atoms with E-state index in [0.717, 1.165) is 44.1 Å². The Bertz CT molecular complexity index is 950. The number of nitrogens with zero attached hydrogens (tertiary/aromatic N) is 1. The minimum atomic E-state index is -3.58. The average Bonchev–Trinajstić information content (AvgIpc) is 3.03. The van der Waals surface area contributed by atoms with Crippen molar-refractivity contribution in [1.82, 2.24) is 9.62 Å². The quantitative estimate of drug-likeness (QED) is 0.715. The highest BCUT2D eigenvalue weighted by Crippen LogP contribution is 2.23. The van der Waals surface area contributed by atoms with Gasteiger partial charge in [0.05, 0.1) is 4.90 Å². The molecule has 0 spiro atoms. The SMILES string of the molecule is Cc1ccc(S(=O)(=O)N2CCCCCC2)cc1C(=O)N[C@@H](C)CCc1ccccc1. The lowest BCUT2D eigenvalue weighted by Gasteiger charge is -2.21. The molecule has 0 radical (unpaired) electrons. The second-order valence-electron chi connectivity index (χ2n) is 8.19. The summed E-state index contributed by atoms with van der Waals surface area (Å²) >= 11 is 0. The molecule has 162 valence electrons. The van der Waals surface area contributed by atoms with Crippen molar-refractivity contribution in [2.75, 3.05) is 13.1 Å². The summed E-state index contributed by atoms with van der Waals surface area (Å²) in [6.45, 7) is 4.92. The van der Waals surface area contributed by atoms with E-state index in [9.17, 15) is 13.2 Å². The van der Waals surface area contributed by atoms with Crippen molar-refractivity contribution in [3.63, 3.8) is 0 Å². The van der Waals surface area contributed by atoms with Crippen LogP contribution in [0.25, 0.3) is 0 Å². The second kappa shape index (κ2) is 10.2. The minimum absolute atomic E-state index is 0.0111. The number of aryl methyl sites for hydroxylation is 2. The van der Waals surface area contributed by atoms with Crippen LogP contribution in [0.1, 0.15) is 60.5 Å². The van der Waals surface area contributed by atoms with Crippen LogP contribution in [0.15, 0.2) is 53.4 Å². The van der Waals surface area contributed by atoms with Gasteiger partial charge in [0.25, 0.3) is 5.91 Å². The summed E-state index contributed by atoms with van der Waals surface area (Å²) in [5.41, 5.74) is 2.44. The van der Waals surface area contributed by atoms with Gasteiger partial charge in [0.2, 0.25) is 10.0 Å². The second-order valence-corrected chi connectivity index (χ2v) is 10.1. The average molecular weight is 429 g/mol. The van der Waals surface area contributed by atoms with Crippen LogP contribution in [0.3, 0.4) is 0 Å². The van der Waals surface area contributed by atoms with E-state index in [4.69, 9.17) is 0 Å². The van der Waals surface area contributed by atoms with Gasteiger partial charge in [-0.1, -0.05) is 49.2 Å². The number of hydrogen-bond acceptors (Lipinski definition) is 3. The number of benzene rings is 2. The molecule has 1 N–H and O–H groups in total. The van der Waals surface area contributed by atoms with E-state index in [0.29, 0.717) is 18.7 Å². The fraction of sp³-hybridized carbons (Fsp3) is 0.458. The van der Waals surface area contributed by atoms with Gasteiger partial charge in [0.1, 0.15) is 0 Å². The first-order valence-electron chi connectivity index (χ1n) is 10.8. The van der Waals surface area contributed by atoms with Gasteiger partial charge in [-0.3, -0.25) is 4.79 Å². The summed E-state index contributed by atoms with van der Waals surface area (Å²) < 4.78 is 27.8. The first-order chi connectivity index (χ1) is 14.4. The number of carbonyl (C=O) groups excluding carboxylic acids is 1. The molecule has 1 aliphatic heterocycles. The van der Waals surface area contributed by atoms with Crippen molar-refractivity contribution >= 4 is 15.9 Å². The number of hydrogen-bond donors (Lipinski definition) is 1. The monoisotopic (exact) mass is 428 g/mol. The molecule has 1 saturated heterocycles. The highest BCUT2D eigenvalue weighted by atomic mass is 32.2. The summed E-state index contributed by atoms with van der Waals surface area (Å²) in [7, 11) is -3.58. The summed E-state index contributed by atoms with van der Waals surface area (Å²) in [5.74, 6) is -0.221. The minimum Gasteiger partial charge on any atom is -0.350 e. The first-order valence-corrected chi connectivity index (χ1v) is 12.3. The third-order valence-electron chi connectivity index (χ3n) is 5.74. The third-order valence-corrected chi connectivity index (χ3v) is 7.64. The van der Waals surface area contributed by atoms with Gasteiger partial charge in [0, 0.05) is 24.7 Å². The maximum absolute atomic E-state index is 13.1. The Kier molecular flexibility index (Phi) is 7.67. The lowest BCUT2D eigenvalue weighted by molar-refractivity contribution is 0.0937. The summed E-state index contributed by atoms with van der Waals surface area (Å²) in [6.07, 6.45) is 5.60. The van der Waals surface area contributed by atoms with Crippen molar-refractivity contribution in [2.45, 2.75) is 63.3 Å². The molecule has 1 fully saturated rings. The molecular formula is C24H32N2O3S. The molecule has 30 heavy (non-hydrogen) atoms. The zero-order valence-electron chi connectivity index (χ0n) is 17.9. The normalized spacial score (nSPS) is 16.6. The van der Waals surface area contributed by atoms with E-state index in [1.807, 2.05) is 32.0 Å². The predicted molar refractivity (Wildman–Crippen MR) is 120 cm³/mol. The standard InChI is InChI=1S/C24H32N2O3S/c1-19-12-15-22(30(28,29)26-16-8-3-4-9-17-26)18-23(19)24(27)25-20(2)13-14-21-10-6-5-7-11-21/h5-7,10-12,15,18,20H,3-4,8-9,13-14,16-17H2,1-2H3,(H,25,27)/t20-/m0/s1. The molecule has 2 aromatic rings. The number of sulfonamides is 1. The Morgan fingerprint density at radius 3 is 2.37 bits per heavy atom. The Morgan fingerprint density at radius 1 is 1.03 bits per heavy atom. The lowest BCUT2D eigenvalue weighted by Crippen LogP contribution is -2.34. The topological polar surface area (TPSA) is 66.5 Å². The van der Waals surface area contributed by atoms with Gasteiger partial charge in [0.15, 0.2) is 0 Å². The number of amides is 1. The van der Waals surface area contributed by atoms with Crippen molar-refractivity contribution < 1.29 is 13.2 Å². The third kappa shape index (κ3) is 5.70. The number of carbonyl (C=O) groups is 1. The van der Waals surface area contributed by atoms with Crippen molar-refractivity contribution in [2.24, 2.45) is 0 Å². The van der Waals surface area contributed by atoms with Crippen LogP contribution in [-0.2, 0) is 16.4 Å². The van der Waals surface area contributed by atoms with Crippen LogP contribution in [0.5, 0.6) is 0 Å². The smallest absolute Gasteiger partial charge is 0.251 e. The summed E-state index contributed by atoms with van der Waals surface area (Å²) in [6, 6.07) is 15.0. The first kappa shape index (κ1) is 22.5. The fourth-order valence-electron chi connectivity index (χ4n) is 3.84. The fourth-order valence-corrected chi connectivity index (χ4v) is 5.38. The van der Waals surface area contributed by atoms with E-state index < -0.39 is 10.0 Å². The van der Waals surface area contributed by atoms with Gasteiger partial charge in [-0.15, -0.1) is 0 Å². The predicted octanol–water partition coefficient (Wildman–Crippen LogP) is 4.31.